The Labute approximate surface area is 183 Å². The highest BCUT2D eigenvalue weighted by atomic mass is 14.9. The largest absolute Gasteiger partial charge is 0.356 e. The Bertz CT molecular complexity index is 1200. The molecule has 0 saturated carbocycles. The average molecular weight is 398 g/mol. The third-order valence-electron chi connectivity index (χ3n) is 5.47. The first-order valence-corrected chi connectivity index (χ1v) is 10.5. The molecule has 1 heteroatoms. The van der Waals surface area contributed by atoms with E-state index in [0.717, 1.165) is 11.4 Å². The SMILES string of the molecule is c1ccc(Nc2ccc(-c3c(-c4ccccc4)cccc3-c3ccccc3)cc2)cc1. The molecule has 0 unspecified atom stereocenters. The summed E-state index contributed by atoms with van der Waals surface area (Å²) in [6.45, 7) is 0. The summed E-state index contributed by atoms with van der Waals surface area (Å²) in [7, 11) is 0. The van der Waals surface area contributed by atoms with Crippen molar-refractivity contribution in [3.63, 3.8) is 0 Å². The van der Waals surface area contributed by atoms with Gasteiger partial charge in [0.15, 0.2) is 0 Å². The minimum atomic E-state index is 1.08. The molecule has 31 heavy (non-hydrogen) atoms. The summed E-state index contributed by atoms with van der Waals surface area (Å²) in [6, 6.07) is 46.8. The highest BCUT2D eigenvalue weighted by Gasteiger charge is 2.13. The first-order chi connectivity index (χ1) is 15.4. The molecule has 1 N–H and O–H groups in total. The lowest BCUT2D eigenvalue weighted by atomic mass is 9.87. The van der Waals surface area contributed by atoms with Gasteiger partial charge in [-0.3, -0.25) is 0 Å². The van der Waals surface area contributed by atoms with Crippen LogP contribution in [0.4, 0.5) is 11.4 Å². The molecule has 0 bridgehead atoms. The van der Waals surface area contributed by atoms with E-state index >= 15 is 0 Å². The zero-order chi connectivity index (χ0) is 20.9. The van der Waals surface area contributed by atoms with Gasteiger partial charge in [0.05, 0.1) is 0 Å². The summed E-state index contributed by atoms with van der Waals surface area (Å²) in [6.07, 6.45) is 0. The molecule has 0 aliphatic carbocycles. The van der Waals surface area contributed by atoms with Gasteiger partial charge in [-0.25, -0.2) is 0 Å². The van der Waals surface area contributed by atoms with Crippen molar-refractivity contribution in [1.29, 1.82) is 0 Å². The van der Waals surface area contributed by atoms with Crippen LogP contribution < -0.4 is 5.32 Å². The number of para-hydroxylation sites is 1. The van der Waals surface area contributed by atoms with E-state index in [1.54, 1.807) is 0 Å². The molecule has 0 spiro atoms. The van der Waals surface area contributed by atoms with Crippen LogP contribution in [0.15, 0.2) is 133 Å². The molecular weight excluding hydrogens is 374 g/mol. The molecule has 0 atom stereocenters. The lowest BCUT2D eigenvalue weighted by molar-refractivity contribution is 1.53. The standard InChI is InChI=1S/C30H23N/c1-4-11-23(12-5-1)28-17-10-18-29(24-13-6-2-7-14-24)30(28)25-19-21-27(22-20-25)31-26-15-8-3-9-16-26/h1-22,31H. The Morgan fingerprint density at radius 3 is 1.29 bits per heavy atom. The topological polar surface area (TPSA) is 12.0 Å². The third-order valence-corrected chi connectivity index (χ3v) is 5.47. The number of anilines is 2. The van der Waals surface area contributed by atoms with E-state index in [9.17, 15) is 0 Å². The molecule has 0 aliphatic heterocycles. The van der Waals surface area contributed by atoms with E-state index in [2.05, 4.69) is 121 Å². The van der Waals surface area contributed by atoms with Crippen molar-refractivity contribution in [2.75, 3.05) is 5.32 Å². The van der Waals surface area contributed by atoms with Gasteiger partial charge < -0.3 is 5.32 Å². The zero-order valence-corrected chi connectivity index (χ0v) is 17.2. The maximum atomic E-state index is 3.48. The highest BCUT2D eigenvalue weighted by Crippen LogP contribution is 2.40. The highest BCUT2D eigenvalue weighted by molar-refractivity contribution is 5.94. The molecule has 0 aliphatic rings. The number of rotatable bonds is 5. The van der Waals surface area contributed by atoms with Gasteiger partial charge >= 0.3 is 0 Å². The Morgan fingerprint density at radius 2 is 0.774 bits per heavy atom. The molecular formula is C30H23N. The number of hydrogen-bond acceptors (Lipinski definition) is 1. The Morgan fingerprint density at radius 1 is 0.323 bits per heavy atom. The maximum absolute atomic E-state index is 3.48. The van der Waals surface area contributed by atoms with Gasteiger partial charge in [0.2, 0.25) is 0 Å². The normalized spacial score (nSPS) is 10.6. The fourth-order valence-corrected chi connectivity index (χ4v) is 3.99. The van der Waals surface area contributed by atoms with Gasteiger partial charge in [0.25, 0.3) is 0 Å². The molecule has 148 valence electrons. The molecule has 5 aromatic carbocycles. The lowest BCUT2D eigenvalue weighted by Crippen LogP contribution is -1.92. The third kappa shape index (κ3) is 4.12. The second-order valence-corrected chi connectivity index (χ2v) is 7.53. The molecule has 1 nitrogen and oxygen atoms in total. The van der Waals surface area contributed by atoms with Crippen LogP contribution in [0.1, 0.15) is 0 Å². The van der Waals surface area contributed by atoms with E-state index in [-0.39, 0.29) is 0 Å². The van der Waals surface area contributed by atoms with Crippen LogP contribution in [0.5, 0.6) is 0 Å². The van der Waals surface area contributed by atoms with Crippen molar-refractivity contribution in [2.45, 2.75) is 0 Å². The summed E-state index contributed by atoms with van der Waals surface area (Å²) in [5.41, 5.74) is 9.56. The minimum absolute atomic E-state index is 1.08. The Kier molecular flexibility index (Phi) is 5.32. The summed E-state index contributed by atoms with van der Waals surface area (Å²) < 4.78 is 0. The van der Waals surface area contributed by atoms with E-state index < -0.39 is 0 Å². The summed E-state index contributed by atoms with van der Waals surface area (Å²) >= 11 is 0. The average Bonchev–Trinajstić information content (AvgIpc) is 2.86. The Balaban J connectivity index is 1.61. The van der Waals surface area contributed by atoms with Crippen molar-refractivity contribution in [3.8, 4) is 33.4 Å². The predicted molar refractivity (Wildman–Crippen MR) is 132 cm³/mol. The molecule has 0 fully saturated rings. The summed E-state index contributed by atoms with van der Waals surface area (Å²) in [5.74, 6) is 0. The fourth-order valence-electron chi connectivity index (χ4n) is 3.99. The van der Waals surface area contributed by atoms with Crippen molar-refractivity contribution >= 4 is 11.4 Å². The number of nitrogens with one attached hydrogen (secondary N) is 1. The molecule has 0 heterocycles. The van der Waals surface area contributed by atoms with Gasteiger partial charge in [-0.15, -0.1) is 0 Å². The van der Waals surface area contributed by atoms with Crippen molar-refractivity contribution in [3.05, 3.63) is 133 Å². The quantitative estimate of drug-likeness (QED) is 0.314. The van der Waals surface area contributed by atoms with Crippen LogP contribution >= 0.6 is 0 Å². The van der Waals surface area contributed by atoms with E-state index in [1.807, 2.05) is 18.2 Å². The first-order valence-electron chi connectivity index (χ1n) is 10.5. The van der Waals surface area contributed by atoms with E-state index in [4.69, 9.17) is 0 Å². The Hall–Kier alpha value is -4.10. The predicted octanol–water partition coefficient (Wildman–Crippen LogP) is 8.43. The smallest absolute Gasteiger partial charge is 0.0384 e. The van der Waals surface area contributed by atoms with Gasteiger partial charge in [-0.05, 0) is 57.6 Å². The fraction of sp³-hybridized carbons (Fsp3) is 0. The van der Waals surface area contributed by atoms with E-state index in [1.165, 1.54) is 33.4 Å². The second-order valence-electron chi connectivity index (χ2n) is 7.53. The van der Waals surface area contributed by atoms with Crippen molar-refractivity contribution in [2.24, 2.45) is 0 Å². The van der Waals surface area contributed by atoms with Crippen LogP contribution in [0.2, 0.25) is 0 Å². The monoisotopic (exact) mass is 397 g/mol. The summed E-state index contributed by atoms with van der Waals surface area (Å²) in [5, 5.41) is 3.48. The van der Waals surface area contributed by atoms with Crippen LogP contribution in [0.3, 0.4) is 0 Å². The van der Waals surface area contributed by atoms with Gasteiger partial charge in [0.1, 0.15) is 0 Å². The maximum Gasteiger partial charge on any atom is 0.0384 e. The van der Waals surface area contributed by atoms with Crippen LogP contribution in [-0.4, -0.2) is 0 Å². The number of hydrogen-bond donors (Lipinski definition) is 1. The zero-order valence-electron chi connectivity index (χ0n) is 17.2. The van der Waals surface area contributed by atoms with Gasteiger partial charge in [-0.1, -0.05) is 109 Å². The molecule has 0 saturated heterocycles. The van der Waals surface area contributed by atoms with Crippen LogP contribution in [-0.2, 0) is 0 Å². The summed E-state index contributed by atoms with van der Waals surface area (Å²) in [4.78, 5) is 0. The molecule has 0 aromatic heterocycles. The molecule has 5 rings (SSSR count). The second kappa shape index (κ2) is 8.73. The lowest BCUT2D eigenvalue weighted by Gasteiger charge is -2.17. The van der Waals surface area contributed by atoms with Crippen LogP contribution in [0, 0.1) is 0 Å². The van der Waals surface area contributed by atoms with Gasteiger partial charge in [0, 0.05) is 11.4 Å². The van der Waals surface area contributed by atoms with Crippen LogP contribution in [0.25, 0.3) is 33.4 Å². The minimum Gasteiger partial charge on any atom is -0.356 e. The molecule has 0 radical (unpaired) electrons. The number of benzene rings is 5. The van der Waals surface area contributed by atoms with E-state index in [0.29, 0.717) is 0 Å². The molecule has 0 amide bonds. The first kappa shape index (κ1) is 18.9. The van der Waals surface area contributed by atoms with Crippen molar-refractivity contribution < 1.29 is 0 Å². The van der Waals surface area contributed by atoms with Crippen molar-refractivity contribution in [1.82, 2.24) is 0 Å². The molecule has 5 aromatic rings. The van der Waals surface area contributed by atoms with Gasteiger partial charge in [-0.2, -0.15) is 0 Å².